The van der Waals surface area contributed by atoms with Gasteiger partial charge in [0.1, 0.15) is 0 Å². The molecule has 6 heteroatoms. The van der Waals surface area contributed by atoms with Crippen molar-refractivity contribution in [3.05, 3.63) is 0 Å². The molecule has 0 radical (unpaired) electrons. The number of hydrogen-bond donors (Lipinski definition) is 0. The second kappa shape index (κ2) is 19.4. The highest BCUT2D eigenvalue weighted by Gasteiger charge is 2.25. The fourth-order valence-corrected chi connectivity index (χ4v) is 3.03. The highest BCUT2D eigenvalue weighted by molar-refractivity contribution is 7.48. The molecule has 0 aliphatic rings. The van der Waals surface area contributed by atoms with Crippen molar-refractivity contribution in [1.82, 2.24) is 4.90 Å². The summed E-state index contributed by atoms with van der Waals surface area (Å²) in [4.78, 5) is 2.38. The first-order chi connectivity index (χ1) is 11.5. The molecule has 5 nitrogen and oxygen atoms in total. The molecule has 0 aliphatic heterocycles. The third-order valence-corrected chi connectivity index (χ3v) is 5.08. The van der Waals surface area contributed by atoms with Crippen molar-refractivity contribution in [3.8, 4) is 0 Å². The van der Waals surface area contributed by atoms with Gasteiger partial charge in [0.25, 0.3) is 0 Å². The van der Waals surface area contributed by atoms with Crippen LogP contribution >= 0.6 is 7.82 Å². The molecule has 0 aliphatic carbocycles. The van der Waals surface area contributed by atoms with Gasteiger partial charge in [-0.05, 0) is 38.9 Å². The Hall–Kier alpha value is 0.0700. The van der Waals surface area contributed by atoms with Crippen LogP contribution in [0.3, 0.4) is 0 Å². The van der Waals surface area contributed by atoms with E-state index in [0.29, 0.717) is 19.8 Å². The van der Waals surface area contributed by atoms with Gasteiger partial charge in [0.15, 0.2) is 0 Å². The Morgan fingerprint density at radius 2 is 0.917 bits per heavy atom. The summed E-state index contributed by atoms with van der Waals surface area (Å²) in [7, 11) is -3.31. The van der Waals surface area contributed by atoms with Gasteiger partial charge in [-0.25, -0.2) is 4.57 Å². The number of unbranched alkanes of at least 4 members (excludes halogenated alkanes) is 3. The number of phosphoric acid groups is 1. The molecule has 0 amide bonds. The largest absolute Gasteiger partial charge is 0.474 e. The summed E-state index contributed by atoms with van der Waals surface area (Å²) in [5.74, 6) is 0. The second-order valence-electron chi connectivity index (χ2n) is 5.63. The van der Waals surface area contributed by atoms with E-state index < -0.39 is 7.82 Å². The van der Waals surface area contributed by atoms with Gasteiger partial charge in [0.05, 0.1) is 19.8 Å². The molecule has 0 aromatic carbocycles. The average molecular weight is 368 g/mol. The van der Waals surface area contributed by atoms with Gasteiger partial charge >= 0.3 is 7.82 Å². The minimum Gasteiger partial charge on any atom is -0.304 e. The smallest absolute Gasteiger partial charge is 0.304 e. The molecule has 0 spiro atoms. The van der Waals surface area contributed by atoms with Gasteiger partial charge in [-0.2, -0.15) is 0 Å². The van der Waals surface area contributed by atoms with E-state index in [2.05, 4.69) is 46.4 Å². The molecule has 24 heavy (non-hydrogen) atoms. The van der Waals surface area contributed by atoms with Crippen LogP contribution in [-0.2, 0) is 18.1 Å². The van der Waals surface area contributed by atoms with Crippen LogP contribution in [0.25, 0.3) is 0 Å². The Bertz CT molecular complexity index is 247. The van der Waals surface area contributed by atoms with Crippen LogP contribution in [0.4, 0.5) is 0 Å². The summed E-state index contributed by atoms with van der Waals surface area (Å²) >= 11 is 0. The van der Waals surface area contributed by atoms with Crippen LogP contribution in [-0.4, -0.2) is 44.4 Å². The third kappa shape index (κ3) is 16.9. The van der Waals surface area contributed by atoms with Gasteiger partial charge in [-0.15, -0.1) is 0 Å². The zero-order valence-corrected chi connectivity index (χ0v) is 17.9. The topological polar surface area (TPSA) is 48.0 Å². The van der Waals surface area contributed by atoms with Gasteiger partial charge in [0, 0.05) is 0 Å². The third-order valence-electron chi connectivity index (χ3n) is 3.58. The van der Waals surface area contributed by atoms with Crippen molar-refractivity contribution < 1.29 is 18.1 Å². The first-order valence-electron chi connectivity index (χ1n) is 9.79. The Morgan fingerprint density at radius 3 is 1.08 bits per heavy atom. The van der Waals surface area contributed by atoms with Crippen LogP contribution in [0.15, 0.2) is 0 Å². The lowest BCUT2D eigenvalue weighted by Gasteiger charge is -2.17. The molecule has 0 N–H and O–H groups in total. The SMILES string of the molecule is CCCCOP(=O)(OCCCC)OCCCC.CCN(CC)CC. The molecule has 0 aromatic heterocycles. The van der Waals surface area contributed by atoms with E-state index in [9.17, 15) is 4.57 Å². The molecule has 0 atom stereocenters. The summed E-state index contributed by atoms with van der Waals surface area (Å²) in [6.07, 6.45) is 5.63. The standard InChI is InChI=1S/C12H27O4P.C6H15N/c1-4-7-10-14-17(13,15-11-8-5-2)16-12-9-6-3;1-4-7(5-2)6-3/h4-12H2,1-3H3;4-6H2,1-3H3. The molecule has 0 aromatic rings. The lowest BCUT2D eigenvalue weighted by Crippen LogP contribution is -2.21. The molecular weight excluding hydrogens is 325 g/mol. The fraction of sp³-hybridized carbons (Fsp3) is 1.00. The van der Waals surface area contributed by atoms with E-state index >= 15 is 0 Å². The normalized spacial score (nSPS) is 11.5. The van der Waals surface area contributed by atoms with Gasteiger partial charge in [0.2, 0.25) is 0 Å². The monoisotopic (exact) mass is 367 g/mol. The predicted octanol–water partition coefficient (Wildman–Crippen LogP) is 5.89. The summed E-state index contributed by atoms with van der Waals surface area (Å²) in [5.41, 5.74) is 0. The molecule has 0 heterocycles. The molecule has 148 valence electrons. The van der Waals surface area contributed by atoms with Crippen LogP contribution in [0.1, 0.15) is 80.1 Å². The van der Waals surface area contributed by atoms with Crippen molar-refractivity contribution in [2.75, 3.05) is 39.5 Å². The van der Waals surface area contributed by atoms with Crippen molar-refractivity contribution in [1.29, 1.82) is 0 Å². The summed E-state index contributed by atoms with van der Waals surface area (Å²) < 4.78 is 28.0. The minimum absolute atomic E-state index is 0.437. The molecule has 0 rings (SSSR count). The maximum absolute atomic E-state index is 12.2. The summed E-state index contributed by atoms with van der Waals surface area (Å²) in [5, 5.41) is 0. The quantitative estimate of drug-likeness (QED) is 0.267. The van der Waals surface area contributed by atoms with Gasteiger partial charge < -0.3 is 4.90 Å². The van der Waals surface area contributed by atoms with E-state index in [1.165, 1.54) is 19.6 Å². The Morgan fingerprint density at radius 1 is 0.625 bits per heavy atom. The Labute approximate surface area is 151 Å². The molecule has 0 bridgehead atoms. The van der Waals surface area contributed by atoms with Crippen LogP contribution in [0, 0.1) is 0 Å². The predicted molar refractivity (Wildman–Crippen MR) is 104 cm³/mol. The molecular formula is C18H42NO4P. The van der Waals surface area contributed by atoms with E-state index in [4.69, 9.17) is 13.6 Å². The summed E-state index contributed by atoms with van der Waals surface area (Å²) in [6, 6.07) is 0. The van der Waals surface area contributed by atoms with E-state index in [1.807, 2.05) is 0 Å². The lowest BCUT2D eigenvalue weighted by molar-refractivity contribution is 0.110. The minimum atomic E-state index is -3.31. The van der Waals surface area contributed by atoms with Crippen molar-refractivity contribution in [2.45, 2.75) is 80.1 Å². The van der Waals surface area contributed by atoms with E-state index in [0.717, 1.165) is 38.5 Å². The summed E-state index contributed by atoms with van der Waals surface area (Å²) in [6.45, 7) is 17.6. The van der Waals surface area contributed by atoms with Crippen molar-refractivity contribution in [3.63, 3.8) is 0 Å². The zero-order valence-electron chi connectivity index (χ0n) is 17.0. The maximum Gasteiger partial charge on any atom is 0.474 e. The molecule has 0 fully saturated rings. The molecule has 0 unspecified atom stereocenters. The maximum atomic E-state index is 12.2. The number of phosphoric ester groups is 1. The fourth-order valence-electron chi connectivity index (χ4n) is 1.74. The van der Waals surface area contributed by atoms with Gasteiger partial charge in [-0.1, -0.05) is 60.8 Å². The lowest BCUT2D eigenvalue weighted by atomic mass is 10.4. The first-order valence-corrected chi connectivity index (χ1v) is 11.2. The van der Waals surface area contributed by atoms with Crippen LogP contribution in [0.5, 0.6) is 0 Å². The van der Waals surface area contributed by atoms with Crippen LogP contribution in [0.2, 0.25) is 0 Å². The average Bonchev–Trinajstić information content (AvgIpc) is 2.58. The van der Waals surface area contributed by atoms with Crippen LogP contribution < -0.4 is 0 Å². The zero-order chi connectivity index (χ0) is 18.7. The number of nitrogens with zero attached hydrogens (tertiary/aromatic N) is 1. The van der Waals surface area contributed by atoms with Crippen molar-refractivity contribution >= 4 is 7.82 Å². The van der Waals surface area contributed by atoms with Gasteiger partial charge in [-0.3, -0.25) is 13.6 Å². The van der Waals surface area contributed by atoms with E-state index in [1.54, 1.807) is 0 Å². The number of hydrogen-bond acceptors (Lipinski definition) is 5. The highest BCUT2D eigenvalue weighted by atomic mass is 31.2. The molecule has 0 saturated carbocycles. The Balaban J connectivity index is 0. The first kappa shape index (κ1) is 26.3. The molecule has 0 saturated heterocycles. The number of rotatable bonds is 15. The van der Waals surface area contributed by atoms with E-state index in [-0.39, 0.29) is 0 Å². The Kier molecular flexibility index (Phi) is 21.3. The highest BCUT2D eigenvalue weighted by Crippen LogP contribution is 2.49. The van der Waals surface area contributed by atoms with Crippen molar-refractivity contribution in [2.24, 2.45) is 0 Å². The second-order valence-corrected chi connectivity index (χ2v) is 7.30.